The number of nitrogens with one attached hydrogen (secondary N) is 1. The minimum atomic E-state index is -0.0765. The molecule has 3 N–H and O–H groups in total. The average molecular weight is 271 g/mol. The van der Waals surface area contributed by atoms with Gasteiger partial charge in [-0.3, -0.25) is 16.3 Å². The van der Waals surface area contributed by atoms with Crippen molar-refractivity contribution in [2.45, 2.75) is 26.3 Å². The molecular formula is C16H21N3O. The zero-order chi connectivity index (χ0) is 14.5. The van der Waals surface area contributed by atoms with Crippen LogP contribution in [0.25, 0.3) is 0 Å². The van der Waals surface area contributed by atoms with E-state index in [0.29, 0.717) is 0 Å². The van der Waals surface area contributed by atoms with Crippen LogP contribution in [0.3, 0.4) is 0 Å². The second kappa shape index (κ2) is 6.50. The Balaban J connectivity index is 2.28. The van der Waals surface area contributed by atoms with E-state index in [0.717, 1.165) is 17.9 Å². The van der Waals surface area contributed by atoms with Gasteiger partial charge in [-0.1, -0.05) is 29.3 Å². The summed E-state index contributed by atoms with van der Waals surface area (Å²) in [5.74, 6) is 6.46. The highest BCUT2D eigenvalue weighted by atomic mass is 16.5. The first-order chi connectivity index (χ1) is 9.63. The SMILES string of the molecule is COc1cccnc1C(Cc1cc(C)cc(C)c1)NN. The largest absolute Gasteiger partial charge is 0.495 e. The summed E-state index contributed by atoms with van der Waals surface area (Å²) in [6.45, 7) is 4.20. The number of pyridine rings is 1. The van der Waals surface area contributed by atoms with E-state index in [-0.39, 0.29) is 6.04 Å². The van der Waals surface area contributed by atoms with E-state index < -0.39 is 0 Å². The number of hydrogen-bond acceptors (Lipinski definition) is 4. The maximum absolute atomic E-state index is 5.71. The molecule has 0 spiro atoms. The van der Waals surface area contributed by atoms with Crippen LogP contribution in [-0.2, 0) is 6.42 Å². The number of hydrogen-bond donors (Lipinski definition) is 2. The van der Waals surface area contributed by atoms with Crippen molar-refractivity contribution in [1.29, 1.82) is 0 Å². The van der Waals surface area contributed by atoms with Crippen molar-refractivity contribution >= 4 is 0 Å². The second-order valence-electron chi connectivity index (χ2n) is 5.01. The molecule has 4 heteroatoms. The molecule has 1 aromatic heterocycles. The van der Waals surface area contributed by atoms with E-state index in [9.17, 15) is 0 Å². The van der Waals surface area contributed by atoms with Crippen LogP contribution in [0.2, 0.25) is 0 Å². The molecule has 1 unspecified atom stereocenters. The predicted octanol–water partition coefficient (Wildman–Crippen LogP) is 2.45. The van der Waals surface area contributed by atoms with Crippen LogP contribution in [0, 0.1) is 13.8 Å². The highest BCUT2D eigenvalue weighted by molar-refractivity contribution is 5.33. The first kappa shape index (κ1) is 14.5. The maximum atomic E-state index is 5.71. The Morgan fingerprint density at radius 1 is 1.25 bits per heavy atom. The van der Waals surface area contributed by atoms with Gasteiger partial charge in [-0.25, -0.2) is 0 Å². The summed E-state index contributed by atoms with van der Waals surface area (Å²) in [5.41, 5.74) is 7.41. The Morgan fingerprint density at radius 3 is 2.55 bits per heavy atom. The van der Waals surface area contributed by atoms with Crippen LogP contribution in [0.15, 0.2) is 36.5 Å². The van der Waals surface area contributed by atoms with Crippen molar-refractivity contribution < 1.29 is 4.74 Å². The van der Waals surface area contributed by atoms with E-state index in [1.165, 1.54) is 16.7 Å². The number of aryl methyl sites for hydroxylation is 2. The number of nitrogens with zero attached hydrogens (tertiary/aromatic N) is 1. The van der Waals surface area contributed by atoms with Gasteiger partial charge < -0.3 is 4.74 Å². The molecule has 0 saturated heterocycles. The summed E-state index contributed by atoms with van der Waals surface area (Å²) < 4.78 is 5.36. The molecule has 4 nitrogen and oxygen atoms in total. The molecule has 0 radical (unpaired) electrons. The van der Waals surface area contributed by atoms with Crippen LogP contribution in [0.1, 0.15) is 28.4 Å². The first-order valence-electron chi connectivity index (χ1n) is 6.66. The Bertz CT molecular complexity index is 563. The molecule has 106 valence electrons. The lowest BCUT2D eigenvalue weighted by Crippen LogP contribution is -2.30. The summed E-state index contributed by atoms with van der Waals surface area (Å²) in [4.78, 5) is 4.39. The van der Waals surface area contributed by atoms with Crippen LogP contribution >= 0.6 is 0 Å². The van der Waals surface area contributed by atoms with Gasteiger partial charge in [0.05, 0.1) is 13.2 Å². The lowest BCUT2D eigenvalue weighted by Gasteiger charge is -2.18. The van der Waals surface area contributed by atoms with E-state index in [2.05, 4.69) is 42.5 Å². The van der Waals surface area contributed by atoms with Crippen LogP contribution < -0.4 is 16.0 Å². The lowest BCUT2D eigenvalue weighted by atomic mass is 9.99. The molecule has 0 amide bonds. The molecule has 2 rings (SSSR count). The van der Waals surface area contributed by atoms with Gasteiger partial charge in [-0.15, -0.1) is 0 Å². The minimum absolute atomic E-state index is 0.0765. The number of ether oxygens (including phenoxy) is 1. The minimum Gasteiger partial charge on any atom is -0.495 e. The molecule has 1 atom stereocenters. The fraction of sp³-hybridized carbons (Fsp3) is 0.312. The first-order valence-corrected chi connectivity index (χ1v) is 6.66. The highest BCUT2D eigenvalue weighted by Crippen LogP contribution is 2.25. The molecule has 2 aromatic rings. The van der Waals surface area contributed by atoms with E-state index in [4.69, 9.17) is 10.6 Å². The van der Waals surface area contributed by atoms with Gasteiger partial charge >= 0.3 is 0 Å². The van der Waals surface area contributed by atoms with Gasteiger partial charge in [0.15, 0.2) is 0 Å². The third kappa shape index (κ3) is 3.35. The normalized spacial score (nSPS) is 12.2. The van der Waals surface area contributed by atoms with Crippen molar-refractivity contribution in [3.05, 3.63) is 58.9 Å². The van der Waals surface area contributed by atoms with Crippen LogP contribution in [0.4, 0.5) is 0 Å². The van der Waals surface area contributed by atoms with Crippen LogP contribution in [0.5, 0.6) is 5.75 Å². The summed E-state index contributed by atoms with van der Waals surface area (Å²) in [6.07, 6.45) is 2.52. The monoisotopic (exact) mass is 271 g/mol. The lowest BCUT2D eigenvalue weighted by molar-refractivity contribution is 0.394. The molecule has 0 fully saturated rings. The van der Waals surface area contributed by atoms with Gasteiger partial charge in [-0.05, 0) is 38.0 Å². The number of rotatable bonds is 5. The topological polar surface area (TPSA) is 60.2 Å². The fourth-order valence-electron chi connectivity index (χ4n) is 2.49. The van der Waals surface area contributed by atoms with Gasteiger partial charge in [0.25, 0.3) is 0 Å². The summed E-state index contributed by atoms with van der Waals surface area (Å²) >= 11 is 0. The Hall–Kier alpha value is -1.91. The zero-order valence-electron chi connectivity index (χ0n) is 12.2. The van der Waals surface area contributed by atoms with Crippen LogP contribution in [-0.4, -0.2) is 12.1 Å². The second-order valence-corrected chi connectivity index (χ2v) is 5.01. The molecule has 0 saturated carbocycles. The number of nitrogens with two attached hydrogens (primary N) is 1. The highest BCUT2D eigenvalue weighted by Gasteiger charge is 2.16. The van der Waals surface area contributed by atoms with Crippen molar-refractivity contribution in [2.24, 2.45) is 5.84 Å². The average Bonchev–Trinajstić information content (AvgIpc) is 2.43. The van der Waals surface area contributed by atoms with E-state index >= 15 is 0 Å². The number of methoxy groups -OCH3 is 1. The molecule has 0 bridgehead atoms. The molecular weight excluding hydrogens is 250 g/mol. The Labute approximate surface area is 120 Å². The Morgan fingerprint density at radius 2 is 1.95 bits per heavy atom. The van der Waals surface area contributed by atoms with Gasteiger partial charge in [0, 0.05) is 6.20 Å². The molecule has 0 aliphatic rings. The third-order valence-corrected chi connectivity index (χ3v) is 3.27. The van der Waals surface area contributed by atoms with Gasteiger partial charge in [0.1, 0.15) is 11.4 Å². The molecule has 0 aliphatic carbocycles. The van der Waals surface area contributed by atoms with E-state index in [1.807, 2.05) is 12.1 Å². The fourth-order valence-corrected chi connectivity index (χ4v) is 2.49. The maximum Gasteiger partial charge on any atom is 0.142 e. The number of benzene rings is 1. The number of hydrazine groups is 1. The number of aromatic nitrogens is 1. The third-order valence-electron chi connectivity index (χ3n) is 3.27. The van der Waals surface area contributed by atoms with Gasteiger partial charge in [0.2, 0.25) is 0 Å². The predicted molar refractivity (Wildman–Crippen MR) is 80.5 cm³/mol. The van der Waals surface area contributed by atoms with E-state index in [1.54, 1.807) is 13.3 Å². The standard InChI is InChI=1S/C16H21N3O/c1-11-7-12(2)9-13(8-11)10-14(19-17)16-15(20-3)5-4-6-18-16/h4-9,14,19H,10,17H2,1-3H3. The summed E-state index contributed by atoms with van der Waals surface area (Å²) in [7, 11) is 1.64. The molecule has 1 aromatic carbocycles. The van der Waals surface area contributed by atoms with Crippen molar-refractivity contribution in [1.82, 2.24) is 10.4 Å². The van der Waals surface area contributed by atoms with Crippen molar-refractivity contribution in [3.8, 4) is 5.75 Å². The summed E-state index contributed by atoms with van der Waals surface area (Å²) in [5, 5.41) is 0. The summed E-state index contributed by atoms with van der Waals surface area (Å²) in [6, 6.07) is 10.2. The Kier molecular flexibility index (Phi) is 4.71. The molecule has 0 aliphatic heterocycles. The molecule has 1 heterocycles. The van der Waals surface area contributed by atoms with Gasteiger partial charge in [-0.2, -0.15) is 0 Å². The van der Waals surface area contributed by atoms with Crippen molar-refractivity contribution in [3.63, 3.8) is 0 Å². The molecule has 20 heavy (non-hydrogen) atoms. The zero-order valence-corrected chi connectivity index (χ0v) is 12.2. The smallest absolute Gasteiger partial charge is 0.142 e. The quantitative estimate of drug-likeness (QED) is 0.648. The van der Waals surface area contributed by atoms with Crippen molar-refractivity contribution in [2.75, 3.05) is 7.11 Å².